The van der Waals surface area contributed by atoms with Crippen LogP contribution in [0.3, 0.4) is 0 Å². The molecular weight excluding hydrogens is 282 g/mol. The van der Waals surface area contributed by atoms with Crippen molar-refractivity contribution < 1.29 is 14.3 Å². The van der Waals surface area contributed by atoms with Gasteiger partial charge in [0.2, 0.25) is 5.91 Å². The van der Waals surface area contributed by atoms with Crippen molar-refractivity contribution in [2.24, 2.45) is 11.7 Å². The maximum Gasteiger partial charge on any atom is 0.410 e. The number of likely N-dealkylation sites (N-methyl/N-ethyl adjacent to an activating group) is 1. The fourth-order valence-corrected chi connectivity index (χ4v) is 2.55. The van der Waals surface area contributed by atoms with Crippen LogP contribution in [-0.4, -0.2) is 59.1 Å². The number of nitrogens with two attached hydrogens (primary N) is 1. The summed E-state index contributed by atoms with van der Waals surface area (Å²) in [5.41, 5.74) is 5.43. The van der Waals surface area contributed by atoms with Gasteiger partial charge in [-0.2, -0.15) is 0 Å². The topological polar surface area (TPSA) is 75.9 Å². The first kappa shape index (κ1) is 18.7. The first-order valence-electron chi connectivity index (χ1n) is 8.10. The van der Waals surface area contributed by atoms with E-state index in [1.165, 1.54) is 0 Å². The molecule has 1 fully saturated rings. The predicted molar refractivity (Wildman–Crippen MR) is 86.4 cm³/mol. The van der Waals surface area contributed by atoms with E-state index in [1.54, 1.807) is 9.80 Å². The summed E-state index contributed by atoms with van der Waals surface area (Å²) < 4.78 is 5.44. The molecule has 1 rings (SSSR count). The minimum Gasteiger partial charge on any atom is -0.444 e. The second-order valence-corrected chi connectivity index (χ2v) is 7.26. The molecule has 2 atom stereocenters. The number of nitrogens with zero attached hydrogens (tertiary/aromatic N) is 2. The van der Waals surface area contributed by atoms with Crippen LogP contribution in [0, 0.1) is 5.92 Å². The minimum absolute atomic E-state index is 0.00293. The largest absolute Gasteiger partial charge is 0.444 e. The maximum atomic E-state index is 12.3. The summed E-state index contributed by atoms with van der Waals surface area (Å²) in [4.78, 5) is 28.1. The molecule has 22 heavy (non-hydrogen) atoms. The Bertz CT molecular complexity index is 404. The van der Waals surface area contributed by atoms with Gasteiger partial charge in [-0.15, -0.1) is 0 Å². The SMILES string of the molecule is CCN(C(=O)OC(C)(C)C)[C@H]1CCN(C(=O)[C@@H](N)C(C)C)C1. The Balaban J connectivity index is 2.67. The Morgan fingerprint density at radius 1 is 1.36 bits per heavy atom. The number of likely N-dealkylation sites (tertiary alicyclic amines) is 1. The molecule has 6 nitrogen and oxygen atoms in total. The maximum absolute atomic E-state index is 12.3. The van der Waals surface area contributed by atoms with Crippen molar-refractivity contribution in [3.05, 3.63) is 0 Å². The highest BCUT2D eigenvalue weighted by Crippen LogP contribution is 2.20. The summed E-state index contributed by atoms with van der Waals surface area (Å²) in [5, 5.41) is 0. The predicted octanol–water partition coefficient (Wildman–Crippen LogP) is 1.83. The number of carbonyl (C=O) groups is 2. The van der Waals surface area contributed by atoms with Crippen molar-refractivity contribution in [1.29, 1.82) is 0 Å². The Hall–Kier alpha value is -1.30. The molecule has 6 heteroatoms. The smallest absolute Gasteiger partial charge is 0.410 e. The molecule has 0 radical (unpaired) electrons. The molecule has 1 aliphatic heterocycles. The molecule has 1 heterocycles. The van der Waals surface area contributed by atoms with Crippen molar-refractivity contribution in [3.63, 3.8) is 0 Å². The number of rotatable bonds is 4. The second-order valence-electron chi connectivity index (χ2n) is 7.26. The first-order valence-corrected chi connectivity index (χ1v) is 8.10. The zero-order chi connectivity index (χ0) is 17.1. The lowest BCUT2D eigenvalue weighted by molar-refractivity contribution is -0.132. The summed E-state index contributed by atoms with van der Waals surface area (Å²) in [5.74, 6) is 0.0809. The van der Waals surface area contributed by atoms with Gasteiger partial charge in [0, 0.05) is 19.6 Å². The first-order chi connectivity index (χ1) is 10.1. The standard InChI is InChI=1S/C16H31N3O3/c1-7-19(15(21)22-16(4,5)6)12-8-9-18(10-12)14(20)13(17)11(2)3/h11-13H,7-10,17H2,1-6H3/t12-,13-/m0/s1. The van der Waals surface area contributed by atoms with E-state index in [0.717, 1.165) is 6.42 Å². The molecule has 0 saturated carbocycles. The zero-order valence-electron chi connectivity index (χ0n) is 14.8. The van der Waals surface area contributed by atoms with E-state index in [2.05, 4.69) is 0 Å². The van der Waals surface area contributed by atoms with E-state index >= 15 is 0 Å². The summed E-state index contributed by atoms with van der Waals surface area (Å²) >= 11 is 0. The van der Waals surface area contributed by atoms with Crippen LogP contribution in [0.1, 0.15) is 48.0 Å². The van der Waals surface area contributed by atoms with E-state index in [1.807, 2.05) is 41.5 Å². The molecule has 0 unspecified atom stereocenters. The highest BCUT2D eigenvalue weighted by molar-refractivity contribution is 5.82. The molecular formula is C16H31N3O3. The van der Waals surface area contributed by atoms with Gasteiger partial charge >= 0.3 is 6.09 Å². The summed E-state index contributed by atoms with van der Waals surface area (Å²) in [6.45, 7) is 13.1. The second kappa shape index (κ2) is 7.31. The van der Waals surface area contributed by atoms with E-state index in [-0.39, 0.29) is 24.0 Å². The van der Waals surface area contributed by atoms with Crippen LogP contribution in [-0.2, 0) is 9.53 Å². The van der Waals surface area contributed by atoms with Gasteiger partial charge in [-0.1, -0.05) is 13.8 Å². The van der Waals surface area contributed by atoms with Gasteiger partial charge in [-0.25, -0.2) is 4.79 Å². The van der Waals surface area contributed by atoms with Gasteiger partial charge < -0.3 is 20.3 Å². The third-order valence-corrected chi connectivity index (χ3v) is 3.89. The van der Waals surface area contributed by atoms with E-state index in [9.17, 15) is 9.59 Å². The third-order valence-electron chi connectivity index (χ3n) is 3.89. The summed E-state index contributed by atoms with van der Waals surface area (Å²) in [6.07, 6.45) is 0.450. The van der Waals surface area contributed by atoms with Crippen LogP contribution < -0.4 is 5.73 Å². The summed E-state index contributed by atoms with van der Waals surface area (Å²) in [6, 6.07) is -0.474. The average Bonchev–Trinajstić information content (AvgIpc) is 2.85. The monoisotopic (exact) mass is 313 g/mol. The normalized spacial score (nSPS) is 20.2. The van der Waals surface area contributed by atoms with Crippen LogP contribution in [0.5, 0.6) is 0 Å². The molecule has 2 N–H and O–H groups in total. The Labute approximate surface area is 134 Å². The highest BCUT2D eigenvalue weighted by atomic mass is 16.6. The number of hydrogen-bond donors (Lipinski definition) is 1. The molecule has 0 aromatic rings. The van der Waals surface area contributed by atoms with Crippen LogP contribution >= 0.6 is 0 Å². The number of hydrogen-bond acceptors (Lipinski definition) is 4. The van der Waals surface area contributed by atoms with Crippen LogP contribution in [0.15, 0.2) is 0 Å². The van der Waals surface area contributed by atoms with Gasteiger partial charge in [0.1, 0.15) is 5.60 Å². The Morgan fingerprint density at radius 2 is 1.95 bits per heavy atom. The van der Waals surface area contributed by atoms with E-state index < -0.39 is 11.6 Å². The van der Waals surface area contributed by atoms with Gasteiger partial charge in [0.25, 0.3) is 0 Å². The van der Waals surface area contributed by atoms with Gasteiger partial charge in [-0.3, -0.25) is 4.79 Å². The molecule has 0 aliphatic carbocycles. The fraction of sp³-hybridized carbons (Fsp3) is 0.875. The molecule has 128 valence electrons. The molecule has 0 aromatic carbocycles. The lowest BCUT2D eigenvalue weighted by Crippen LogP contribution is -2.48. The molecule has 1 saturated heterocycles. The quantitative estimate of drug-likeness (QED) is 0.859. The van der Waals surface area contributed by atoms with Gasteiger partial charge in [0.05, 0.1) is 12.1 Å². The van der Waals surface area contributed by atoms with Crippen LogP contribution in [0.4, 0.5) is 4.79 Å². The van der Waals surface area contributed by atoms with Crippen LogP contribution in [0.25, 0.3) is 0 Å². The molecule has 0 aromatic heterocycles. The lowest BCUT2D eigenvalue weighted by Gasteiger charge is -2.31. The zero-order valence-corrected chi connectivity index (χ0v) is 14.8. The van der Waals surface area contributed by atoms with E-state index in [0.29, 0.717) is 19.6 Å². The van der Waals surface area contributed by atoms with Crippen molar-refractivity contribution >= 4 is 12.0 Å². The lowest BCUT2D eigenvalue weighted by atomic mass is 10.0. The average molecular weight is 313 g/mol. The van der Waals surface area contributed by atoms with E-state index in [4.69, 9.17) is 10.5 Å². The van der Waals surface area contributed by atoms with Gasteiger partial charge in [0.15, 0.2) is 0 Å². The molecule has 2 amide bonds. The van der Waals surface area contributed by atoms with Crippen molar-refractivity contribution in [1.82, 2.24) is 9.80 Å². The van der Waals surface area contributed by atoms with Crippen molar-refractivity contribution in [3.8, 4) is 0 Å². The number of amides is 2. The Morgan fingerprint density at radius 3 is 2.41 bits per heavy atom. The minimum atomic E-state index is -0.515. The van der Waals surface area contributed by atoms with Crippen LogP contribution in [0.2, 0.25) is 0 Å². The molecule has 1 aliphatic rings. The van der Waals surface area contributed by atoms with Crippen molar-refractivity contribution in [2.45, 2.75) is 65.6 Å². The molecule has 0 bridgehead atoms. The summed E-state index contributed by atoms with van der Waals surface area (Å²) in [7, 11) is 0. The Kier molecular flexibility index (Phi) is 6.23. The highest BCUT2D eigenvalue weighted by Gasteiger charge is 2.35. The van der Waals surface area contributed by atoms with Gasteiger partial charge in [-0.05, 0) is 40.0 Å². The van der Waals surface area contributed by atoms with Crippen molar-refractivity contribution in [2.75, 3.05) is 19.6 Å². The number of carbonyl (C=O) groups excluding carboxylic acids is 2. The fourth-order valence-electron chi connectivity index (χ4n) is 2.55. The molecule has 0 spiro atoms. The third kappa shape index (κ3) is 4.87. The number of ether oxygens (including phenoxy) is 1.